The normalized spacial score (nSPS) is 14.9. The van der Waals surface area contributed by atoms with E-state index in [1.54, 1.807) is 0 Å². The van der Waals surface area contributed by atoms with Gasteiger partial charge in [-0.3, -0.25) is 4.79 Å². The Morgan fingerprint density at radius 1 is 1.19 bits per heavy atom. The number of nitrogens with one attached hydrogen (secondary N) is 1. The Bertz CT molecular complexity index is 192. The standard InChI is InChI=1S/C13H28N2O/c1-5-7-12(14)13(16)15-11(4)9-6-8-10(2)3/h10-12H,5-9,14H2,1-4H3,(H,15,16). The SMILES string of the molecule is CCCC(N)C(=O)NC(C)CCCC(C)C. The van der Waals surface area contributed by atoms with Crippen molar-refractivity contribution >= 4 is 5.91 Å². The zero-order valence-corrected chi connectivity index (χ0v) is 11.3. The molecule has 0 aromatic rings. The molecule has 3 heteroatoms. The highest BCUT2D eigenvalue weighted by atomic mass is 16.2. The fraction of sp³-hybridized carbons (Fsp3) is 0.923. The fourth-order valence-corrected chi connectivity index (χ4v) is 1.70. The number of carbonyl (C=O) groups is 1. The van der Waals surface area contributed by atoms with Gasteiger partial charge in [-0.15, -0.1) is 0 Å². The van der Waals surface area contributed by atoms with Crippen LogP contribution in [0.25, 0.3) is 0 Å². The number of hydrogen-bond acceptors (Lipinski definition) is 2. The number of amides is 1. The first kappa shape index (κ1) is 15.4. The van der Waals surface area contributed by atoms with E-state index in [9.17, 15) is 4.79 Å². The van der Waals surface area contributed by atoms with Crippen LogP contribution in [-0.2, 0) is 4.79 Å². The molecule has 0 heterocycles. The monoisotopic (exact) mass is 228 g/mol. The van der Waals surface area contributed by atoms with Gasteiger partial charge in [-0.1, -0.05) is 40.0 Å². The third-order valence-electron chi connectivity index (χ3n) is 2.74. The first-order valence-electron chi connectivity index (χ1n) is 6.53. The second-order valence-electron chi connectivity index (χ2n) is 5.13. The molecule has 0 aromatic heterocycles. The Kier molecular flexibility index (Phi) is 8.26. The summed E-state index contributed by atoms with van der Waals surface area (Å²) in [5.74, 6) is 0.740. The van der Waals surface area contributed by atoms with Gasteiger partial charge in [-0.2, -0.15) is 0 Å². The lowest BCUT2D eigenvalue weighted by atomic mass is 10.0. The summed E-state index contributed by atoms with van der Waals surface area (Å²) in [5.41, 5.74) is 5.74. The second-order valence-corrected chi connectivity index (χ2v) is 5.13. The quantitative estimate of drug-likeness (QED) is 0.670. The molecule has 0 aliphatic heterocycles. The molecule has 0 saturated carbocycles. The van der Waals surface area contributed by atoms with Crippen molar-refractivity contribution in [2.45, 2.75) is 71.9 Å². The average Bonchev–Trinajstić information content (AvgIpc) is 2.17. The maximum Gasteiger partial charge on any atom is 0.237 e. The molecule has 2 unspecified atom stereocenters. The van der Waals surface area contributed by atoms with Gasteiger partial charge in [0, 0.05) is 6.04 Å². The van der Waals surface area contributed by atoms with Crippen molar-refractivity contribution in [1.29, 1.82) is 0 Å². The molecular formula is C13H28N2O. The topological polar surface area (TPSA) is 55.1 Å². The van der Waals surface area contributed by atoms with Crippen LogP contribution in [-0.4, -0.2) is 18.0 Å². The summed E-state index contributed by atoms with van der Waals surface area (Å²) < 4.78 is 0. The molecule has 3 N–H and O–H groups in total. The lowest BCUT2D eigenvalue weighted by Gasteiger charge is -2.17. The van der Waals surface area contributed by atoms with Crippen LogP contribution in [0.3, 0.4) is 0 Å². The third kappa shape index (κ3) is 7.69. The molecule has 16 heavy (non-hydrogen) atoms. The summed E-state index contributed by atoms with van der Waals surface area (Å²) >= 11 is 0. The van der Waals surface area contributed by atoms with Crippen LogP contribution in [0.2, 0.25) is 0 Å². The molecule has 0 spiro atoms. The van der Waals surface area contributed by atoms with E-state index in [4.69, 9.17) is 5.73 Å². The lowest BCUT2D eigenvalue weighted by Crippen LogP contribution is -2.44. The highest BCUT2D eigenvalue weighted by molar-refractivity contribution is 5.81. The maximum atomic E-state index is 11.6. The molecule has 0 aromatic carbocycles. The van der Waals surface area contributed by atoms with Crippen molar-refractivity contribution in [2.24, 2.45) is 11.7 Å². The first-order chi connectivity index (χ1) is 7.47. The van der Waals surface area contributed by atoms with Crippen LogP contribution in [0, 0.1) is 5.92 Å². The van der Waals surface area contributed by atoms with Gasteiger partial charge in [0.05, 0.1) is 6.04 Å². The Morgan fingerprint density at radius 3 is 2.31 bits per heavy atom. The predicted molar refractivity (Wildman–Crippen MR) is 69.2 cm³/mol. The lowest BCUT2D eigenvalue weighted by molar-refractivity contribution is -0.123. The van der Waals surface area contributed by atoms with Crippen molar-refractivity contribution in [3.63, 3.8) is 0 Å². The van der Waals surface area contributed by atoms with Crippen LogP contribution in [0.1, 0.15) is 59.8 Å². The van der Waals surface area contributed by atoms with Crippen LogP contribution in [0.15, 0.2) is 0 Å². The maximum absolute atomic E-state index is 11.6. The Balaban J connectivity index is 3.69. The van der Waals surface area contributed by atoms with E-state index in [2.05, 4.69) is 26.1 Å². The van der Waals surface area contributed by atoms with Crippen LogP contribution < -0.4 is 11.1 Å². The van der Waals surface area contributed by atoms with Crippen LogP contribution >= 0.6 is 0 Å². The van der Waals surface area contributed by atoms with Crippen molar-refractivity contribution in [1.82, 2.24) is 5.32 Å². The predicted octanol–water partition coefficient (Wildman–Crippen LogP) is 2.44. The molecule has 0 rings (SSSR count). The molecule has 0 fully saturated rings. The molecule has 2 atom stereocenters. The number of hydrogen-bond donors (Lipinski definition) is 2. The van der Waals surface area contributed by atoms with Crippen molar-refractivity contribution < 1.29 is 4.79 Å². The first-order valence-corrected chi connectivity index (χ1v) is 6.53. The highest BCUT2D eigenvalue weighted by Gasteiger charge is 2.14. The van der Waals surface area contributed by atoms with Gasteiger partial charge in [0.15, 0.2) is 0 Å². The van der Waals surface area contributed by atoms with E-state index in [0.29, 0.717) is 0 Å². The molecule has 96 valence electrons. The molecule has 3 nitrogen and oxygen atoms in total. The molecule has 1 amide bonds. The van der Waals surface area contributed by atoms with E-state index in [1.807, 2.05) is 6.92 Å². The molecule has 0 aliphatic carbocycles. The van der Waals surface area contributed by atoms with Gasteiger partial charge in [0.25, 0.3) is 0 Å². The zero-order valence-electron chi connectivity index (χ0n) is 11.3. The van der Waals surface area contributed by atoms with E-state index in [-0.39, 0.29) is 18.0 Å². The van der Waals surface area contributed by atoms with Gasteiger partial charge < -0.3 is 11.1 Å². The largest absolute Gasteiger partial charge is 0.352 e. The second kappa shape index (κ2) is 8.57. The van der Waals surface area contributed by atoms with Gasteiger partial charge in [0.1, 0.15) is 0 Å². The molecule has 0 radical (unpaired) electrons. The zero-order chi connectivity index (χ0) is 12.6. The Hall–Kier alpha value is -0.570. The number of carbonyl (C=O) groups excluding carboxylic acids is 1. The summed E-state index contributed by atoms with van der Waals surface area (Å²) in [7, 11) is 0. The minimum Gasteiger partial charge on any atom is -0.352 e. The van der Waals surface area contributed by atoms with Crippen molar-refractivity contribution in [3.05, 3.63) is 0 Å². The Morgan fingerprint density at radius 2 is 1.81 bits per heavy atom. The third-order valence-corrected chi connectivity index (χ3v) is 2.74. The van der Waals surface area contributed by atoms with Crippen LogP contribution in [0.5, 0.6) is 0 Å². The van der Waals surface area contributed by atoms with Gasteiger partial charge in [-0.05, 0) is 25.7 Å². The van der Waals surface area contributed by atoms with Gasteiger partial charge in [0.2, 0.25) is 5.91 Å². The minimum atomic E-state index is -0.336. The smallest absolute Gasteiger partial charge is 0.237 e. The minimum absolute atomic E-state index is 0.00102. The molecule has 0 aliphatic rings. The van der Waals surface area contributed by atoms with Gasteiger partial charge in [-0.25, -0.2) is 0 Å². The molecule has 0 bridgehead atoms. The van der Waals surface area contributed by atoms with E-state index < -0.39 is 0 Å². The van der Waals surface area contributed by atoms with Gasteiger partial charge >= 0.3 is 0 Å². The highest BCUT2D eigenvalue weighted by Crippen LogP contribution is 2.08. The fourth-order valence-electron chi connectivity index (χ4n) is 1.70. The summed E-state index contributed by atoms with van der Waals surface area (Å²) in [5, 5.41) is 2.97. The average molecular weight is 228 g/mol. The van der Waals surface area contributed by atoms with E-state index in [0.717, 1.165) is 25.2 Å². The number of rotatable bonds is 8. The van der Waals surface area contributed by atoms with Crippen LogP contribution in [0.4, 0.5) is 0 Å². The Labute approximate surface area is 100 Å². The van der Waals surface area contributed by atoms with Crippen molar-refractivity contribution in [2.75, 3.05) is 0 Å². The summed E-state index contributed by atoms with van der Waals surface area (Å²) in [6.07, 6.45) is 5.16. The van der Waals surface area contributed by atoms with E-state index >= 15 is 0 Å². The summed E-state index contributed by atoms with van der Waals surface area (Å²) in [6, 6.07) is -0.0910. The summed E-state index contributed by atoms with van der Waals surface area (Å²) in [4.78, 5) is 11.6. The summed E-state index contributed by atoms with van der Waals surface area (Å²) in [6.45, 7) is 8.54. The van der Waals surface area contributed by atoms with Crippen molar-refractivity contribution in [3.8, 4) is 0 Å². The van der Waals surface area contributed by atoms with E-state index in [1.165, 1.54) is 12.8 Å². The molecular weight excluding hydrogens is 200 g/mol. The molecule has 0 saturated heterocycles. The number of nitrogens with two attached hydrogens (primary N) is 1.